The number of likely N-dealkylation sites (tertiary alicyclic amines) is 1. The molecule has 1 unspecified atom stereocenters. The van der Waals surface area contributed by atoms with Gasteiger partial charge in [0, 0.05) is 35.3 Å². The van der Waals surface area contributed by atoms with Crippen molar-refractivity contribution in [1.82, 2.24) is 15.2 Å². The fourth-order valence-electron chi connectivity index (χ4n) is 3.72. The van der Waals surface area contributed by atoms with Crippen LogP contribution in [-0.2, 0) is 0 Å². The number of nitrogens with one attached hydrogen (secondary N) is 2. The van der Waals surface area contributed by atoms with Crippen LogP contribution in [0.3, 0.4) is 0 Å². The Balaban J connectivity index is 1.74. The highest BCUT2D eigenvalue weighted by atomic mass is 35.5. The highest BCUT2D eigenvalue weighted by molar-refractivity contribution is 6.31. The van der Waals surface area contributed by atoms with E-state index in [0.717, 1.165) is 37.9 Å². The van der Waals surface area contributed by atoms with Crippen LogP contribution in [0.1, 0.15) is 36.4 Å². The molecule has 1 aliphatic rings. The summed E-state index contributed by atoms with van der Waals surface area (Å²) >= 11 is 6.04. The van der Waals surface area contributed by atoms with E-state index in [1.807, 2.05) is 35.2 Å². The van der Waals surface area contributed by atoms with Gasteiger partial charge in [-0.2, -0.15) is 0 Å². The number of hydrogen-bond donors (Lipinski definition) is 2. The van der Waals surface area contributed by atoms with Gasteiger partial charge in [-0.15, -0.1) is 0 Å². The molecule has 3 aromatic rings. The maximum absolute atomic E-state index is 13.2. The summed E-state index contributed by atoms with van der Waals surface area (Å²) in [6, 6.07) is 14.1. The molecule has 1 atom stereocenters. The average molecular weight is 396 g/mol. The van der Waals surface area contributed by atoms with Crippen LogP contribution in [-0.4, -0.2) is 29.0 Å². The molecule has 144 valence electrons. The molecule has 0 saturated carbocycles. The van der Waals surface area contributed by atoms with Crippen LogP contribution >= 0.6 is 11.6 Å². The fourth-order valence-corrected chi connectivity index (χ4v) is 3.89. The van der Waals surface area contributed by atoms with Crippen molar-refractivity contribution in [2.75, 3.05) is 13.1 Å². The third kappa shape index (κ3) is 3.76. The number of hydrogen-bond acceptors (Lipinski definition) is 2. The highest BCUT2D eigenvalue weighted by Crippen LogP contribution is 2.23. The van der Waals surface area contributed by atoms with Gasteiger partial charge in [0.1, 0.15) is 0 Å². The quantitative estimate of drug-likeness (QED) is 0.687. The van der Waals surface area contributed by atoms with Gasteiger partial charge in [0.2, 0.25) is 0 Å². The van der Waals surface area contributed by atoms with Gasteiger partial charge >= 0.3 is 6.03 Å². The summed E-state index contributed by atoms with van der Waals surface area (Å²) in [4.78, 5) is 31.0. The lowest BCUT2D eigenvalue weighted by Crippen LogP contribution is -2.45. The zero-order chi connectivity index (χ0) is 19.5. The third-order valence-electron chi connectivity index (χ3n) is 5.23. The predicted molar refractivity (Wildman–Crippen MR) is 112 cm³/mol. The number of aromatic nitrogens is 1. The molecule has 4 rings (SSSR count). The van der Waals surface area contributed by atoms with E-state index < -0.39 is 6.04 Å². The molecule has 2 amide bonds. The largest absolute Gasteiger partial charge is 0.361 e. The van der Waals surface area contributed by atoms with Crippen molar-refractivity contribution >= 4 is 28.5 Å². The summed E-state index contributed by atoms with van der Waals surface area (Å²) < 4.78 is 0. The molecule has 6 heteroatoms. The van der Waals surface area contributed by atoms with Gasteiger partial charge in [-0.1, -0.05) is 41.9 Å². The minimum atomic E-state index is -0.528. The molecule has 2 N–H and O–H groups in total. The number of halogens is 1. The normalized spacial score (nSPS) is 15.4. The summed E-state index contributed by atoms with van der Waals surface area (Å²) in [5.74, 6) is 0. The number of H-pyrrole nitrogens is 1. The molecule has 1 aliphatic heterocycles. The number of benzene rings is 2. The first kappa shape index (κ1) is 18.6. The van der Waals surface area contributed by atoms with Crippen molar-refractivity contribution in [3.05, 3.63) is 81.1 Å². The van der Waals surface area contributed by atoms with Gasteiger partial charge in [0.25, 0.3) is 0 Å². The second kappa shape index (κ2) is 8.07. The summed E-state index contributed by atoms with van der Waals surface area (Å²) in [6.45, 7) is 1.50. The van der Waals surface area contributed by atoms with Crippen LogP contribution in [0.2, 0.25) is 5.02 Å². The zero-order valence-corrected chi connectivity index (χ0v) is 16.2. The molecular weight excluding hydrogens is 374 g/mol. The number of piperidine rings is 1. The van der Waals surface area contributed by atoms with Crippen molar-refractivity contribution in [3.8, 4) is 0 Å². The summed E-state index contributed by atoms with van der Waals surface area (Å²) in [5, 5.41) is 4.19. The maximum Gasteiger partial charge on any atom is 0.318 e. The van der Waals surface area contributed by atoms with Gasteiger partial charge in [0.15, 0.2) is 5.43 Å². The summed E-state index contributed by atoms with van der Waals surface area (Å²) in [6.07, 6.45) is 4.86. The van der Waals surface area contributed by atoms with Crippen molar-refractivity contribution in [2.45, 2.75) is 25.3 Å². The van der Waals surface area contributed by atoms with Gasteiger partial charge in [-0.05, 0) is 43.0 Å². The predicted octanol–water partition coefficient (Wildman–Crippen LogP) is 4.47. The molecule has 28 heavy (non-hydrogen) atoms. The third-order valence-corrected chi connectivity index (χ3v) is 5.46. The molecular formula is C22H22ClN3O2. The van der Waals surface area contributed by atoms with Gasteiger partial charge in [0.05, 0.1) is 11.6 Å². The summed E-state index contributed by atoms with van der Waals surface area (Å²) in [5.41, 5.74) is 1.94. The Labute approximate surface area is 168 Å². The molecule has 0 bridgehead atoms. The van der Waals surface area contributed by atoms with Crippen LogP contribution in [0, 0.1) is 0 Å². The minimum absolute atomic E-state index is 0.113. The van der Waals surface area contributed by atoms with Crippen molar-refractivity contribution in [1.29, 1.82) is 0 Å². The van der Waals surface area contributed by atoms with Crippen LogP contribution in [0.15, 0.2) is 59.5 Å². The first-order chi connectivity index (χ1) is 13.6. The van der Waals surface area contributed by atoms with Crippen molar-refractivity contribution in [2.24, 2.45) is 0 Å². The van der Waals surface area contributed by atoms with E-state index in [4.69, 9.17) is 11.6 Å². The molecule has 1 fully saturated rings. The first-order valence-corrected chi connectivity index (χ1v) is 9.92. The Morgan fingerprint density at radius 1 is 1.07 bits per heavy atom. The minimum Gasteiger partial charge on any atom is -0.361 e. The standard InChI is InChI=1S/C22H22ClN3O2/c23-16-9-10-17-19(13-16)24-14-18(21(17)27)20(15-7-3-1-4-8-15)25-22(28)26-11-5-2-6-12-26/h1,3-4,7-10,13-14,20H,2,5-6,11-12H2,(H,24,27)(H,25,28). The van der Waals surface area contributed by atoms with E-state index in [-0.39, 0.29) is 11.5 Å². The van der Waals surface area contributed by atoms with Crippen LogP contribution in [0.4, 0.5) is 4.79 Å². The second-order valence-corrected chi connectivity index (χ2v) is 7.54. The number of aromatic amines is 1. The lowest BCUT2D eigenvalue weighted by Gasteiger charge is -2.29. The highest BCUT2D eigenvalue weighted by Gasteiger charge is 2.24. The maximum atomic E-state index is 13.2. The van der Waals surface area contributed by atoms with E-state index in [0.29, 0.717) is 21.5 Å². The van der Waals surface area contributed by atoms with E-state index in [1.165, 1.54) is 0 Å². The van der Waals surface area contributed by atoms with Crippen LogP contribution in [0.5, 0.6) is 0 Å². The van der Waals surface area contributed by atoms with Crippen molar-refractivity contribution < 1.29 is 4.79 Å². The Morgan fingerprint density at radius 3 is 2.57 bits per heavy atom. The Bertz CT molecular complexity index is 1040. The van der Waals surface area contributed by atoms with Gasteiger partial charge in [-0.25, -0.2) is 4.79 Å². The molecule has 5 nitrogen and oxygen atoms in total. The van der Waals surface area contributed by atoms with E-state index in [2.05, 4.69) is 10.3 Å². The Hall–Kier alpha value is -2.79. The van der Waals surface area contributed by atoms with Crippen LogP contribution < -0.4 is 10.7 Å². The zero-order valence-electron chi connectivity index (χ0n) is 15.5. The lowest BCUT2D eigenvalue weighted by atomic mass is 9.98. The number of nitrogens with zero attached hydrogens (tertiary/aromatic N) is 1. The van der Waals surface area contributed by atoms with E-state index in [1.54, 1.807) is 24.4 Å². The Kier molecular flexibility index (Phi) is 5.35. The lowest BCUT2D eigenvalue weighted by molar-refractivity contribution is 0.184. The second-order valence-electron chi connectivity index (χ2n) is 7.10. The monoisotopic (exact) mass is 395 g/mol. The molecule has 0 radical (unpaired) electrons. The van der Waals surface area contributed by atoms with Crippen molar-refractivity contribution in [3.63, 3.8) is 0 Å². The molecule has 1 aromatic heterocycles. The molecule has 0 aliphatic carbocycles. The van der Waals surface area contributed by atoms with Gasteiger partial charge < -0.3 is 15.2 Å². The van der Waals surface area contributed by atoms with E-state index in [9.17, 15) is 9.59 Å². The van der Waals surface area contributed by atoms with Gasteiger partial charge in [-0.3, -0.25) is 4.79 Å². The first-order valence-electron chi connectivity index (χ1n) is 9.55. The number of carbonyl (C=O) groups excluding carboxylic acids is 1. The fraction of sp³-hybridized carbons (Fsp3) is 0.273. The molecule has 2 aromatic carbocycles. The molecule has 0 spiro atoms. The topological polar surface area (TPSA) is 65.2 Å². The number of urea groups is 1. The molecule has 2 heterocycles. The SMILES string of the molecule is O=C(NC(c1ccccc1)c1c[nH]c2cc(Cl)ccc2c1=O)N1CCCCC1. The number of carbonyl (C=O) groups is 1. The molecule has 1 saturated heterocycles. The number of pyridine rings is 1. The van der Waals surface area contributed by atoms with Crippen LogP contribution in [0.25, 0.3) is 10.9 Å². The summed E-state index contributed by atoms with van der Waals surface area (Å²) in [7, 11) is 0. The number of rotatable bonds is 3. The van der Waals surface area contributed by atoms with E-state index >= 15 is 0 Å². The Morgan fingerprint density at radius 2 is 1.82 bits per heavy atom. The number of amides is 2. The average Bonchev–Trinajstić information content (AvgIpc) is 2.74. The number of fused-ring (bicyclic) bond motifs is 1. The smallest absolute Gasteiger partial charge is 0.318 e.